The molecule has 9 heteroatoms. The maximum absolute atomic E-state index is 12.2. The van der Waals surface area contributed by atoms with Gasteiger partial charge in [0.25, 0.3) is 11.6 Å². The van der Waals surface area contributed by atoms with Crippen molar-refractivity contribution in [1.29, 1.82) is 0 Å². The fourth-order valence-electron chi connectivity index (χ4n) is 2.62. The number of aryl methyl sites for hydroxylation is 1. The van der Waals surface area contributed by atoms with Gasteiger partial charge in [-0.1, -0.05) is 0 Å². The van der Waals surface area contributed by atoms with Gasteiger partial charge in [-0.2, -0.15) is 5.10 Å². The number of carbonyl (C=O) groups is 1. The molecular formula is C20H16IN3O5. The van der Waals surface area contributed by atoms with E-state index in [2.05, 4.69) is 33.1 Å². The van der Waals surface area contributed by atoms with E-state index in [1.54, 1.807) is 50.4 Å². The summed E-state index contributed by atoms with van der Waals surface area (Å²) >= 11 is 2.12. The molecule has 3 aromatic rings. The Morgan fingerprint density at radius 3 is 2.72 bits per heavy atom. The number of ether oxygens (including phenoxy) is 1. The highest BCUT2D eigenvalue weighted by atomic mass is 127. The van der Waals surface area contributed by atoms with Crippen LogP contribution < -0.4 is 10.2 Å². The second-order valence-corrected chi connectivity index (χ2v) is 7.17. The van der Waals surface area contributed by atoms with Gasteiger partial charge in [0.05, 0.1) is 21.8 Å². The van der Waals surface area contributed by atoms with Crippen LogP contribution in [0.4, 0.5) is 5.69 Å². The molecule has 0 spiro atoms. The zero-order valence-corrected chi connectivity index (χ0v) is 17.7. The summed E-state index contributed by atoms with van der Waals surface area (Å²) in [5.41, 5.74) is 4.34. The van der Waals surface area contributed by atoms with Gasteiger partial charge in [-0.15, -0.1) is 0 Å². The molecule has 0 saturated carbocycles. The summed E-state index contributed by atoms with van der Waals surface area (Å²) in [5, 5.41) is 14.8. The monoisotopic (exact) mass is 505 g/mol. The maximum atomic E-state index is 12.2. The summed E-state index contributed by atoms with van der Waals surface area (Å²) in [5.74, 6) is 1.20. The number of benzene rings is 2. The number of carbonyl (C=O) groups excluding carboxylic acids is 1. The number of halogens is 1. The predicted octanol–water partition coefficient (Wildman–Crippen LogP) is 4.54. The molecule has 148 valence electrons. The summed E-state index contributed by atoms with van der Waals surface area (Å²) < 4.78 is 11.8. The molecule has 1 amide bonds. The average Bonchev–Trinajstić information content (AvgIpc) is 3.16. The second-order valence-electron chi connectivity index (χ2n) is 6.01. The molecule has 0 fully saturated rings. The molecule has 8 nitrogen and oxygen atoms in total. The molecule has 0 saturated heterocycles. The number of nitrogens with zero attached hydrogens (tertiary/aromatic N) is 2. The third kappa shape index (κ3) is 4.80. The van der Waals surface area contributed by atoms with Crippen LogP contribution in [0.3, 0.4) is 0 Å². The lowest BCUT2D eigenvalue weighted by Gasteiger charge is -2.05. The fraction of sp³-hybridized carbons (Fsp3) is 0.100. The lowest BCUT2D eigenvalue weighted by atomic mass is 10.1. The molecule has 0 aliphatic heterocycles. The third-order valence-corrected chi connectivity index (χ3v) is 4.98. The van der Waals surface area contributed by atoms with Crippen LogP contribution in [0.25, 0.3) is 11.3 Å². The highest BCUT2D eigenvalue weighted by molar-refractivity contribution is 14.1. The van der Waals surface area contributed by atoms with Crippen molar-refractivity contribution in [3.63, 3.8) is 0 Å². The van der Waals surface area contributed by atoms with E-state index >= 15 is 0 Å². The summed E-state index contributed by atoms with van der Waals surface area (Å²) in [6.45, 7) is 1.77. The van der Waals surface area contributed by atoms with Crippen LogP contribution in [0, 0.1) is 20.6 Å². The number of non-ortho nitro benzene ring substituents is 1. The van der Waals surface area contributed by atoms with Crippen LogP contribution in [0.15, 0.2) is 58.0 Å². The van der Waals surface area contributed by atoms with E-state index in [0.717, 1.165) is 14.7 Å². The molecule has 0 unspecified atom stereocenters. The lowest BCUT2D eigenvalue weighted by molar-refractivity contribution is -0.384. The van der Waals surface area contributed by atoms with Gasteiger partial charge in [0.1, 0.15) is 17.3 Å². The number of nitro benzene ring substituents is 1. The van der Waals surface area contributed by atoms with Gasteiger partial charge in [0.15, 0.2) is 0 Å². The molecule has 2 aromatic carbocycles. The minimum Gasteiger partial charge on any atom is -0.496 e. The van der Waals surface area contributed by atoms with Gasteiger partial charge in [-0.25, -0.2) is 5.43 Å². The van der Waals surface area contributed by atoms with Crippen LogP contribution in [-0.2, 0) is 0 Å². The highest BCUT2D eigenvalue weighted by Gasteiger charge is 2.12. The van der Waals surface area contributed by atoms with Crippen molar-refractivity contribution in [3.05, 3.63) is 79.1 Å². The Morgan fingerprint density at radius 2 is 2.03 bits per heavy atom. The van der Waals surface area contributed by atoms with Gasteiger partial charge >= 0.3 is 0 Å². The van der Waals surface area contributed by atoms with E-state index in [1.807, 2.05) is 0 Å². The number of nitrogens with one attached hydrogen (secondary N) is 1. The van der Waals surface area contributed by atoms with E-state index in [-0.39, 0.29) is 11.6 Å². The van der Waals surface area contributed by atoms with Gasteiger partial charge in [0.2, 0.25) is 0 Å². The van der Waals surface area contributed by atoms with E-state index in [0.29, 0.717) is 22.8 Å². The largest absolute Gasteiger partial charge is 0.496 e. The Bertz CT molecular complexity index is 1110. The van der Waals surface area contributed by atoms with Crippen molar-refractivity contribution >= 4 is 40.4 Å². The van der Waals surface area contributed by atoms with Gasteiger partial charge in [-0.3, -0.25) is 14.9 Å². The summed E-state index contributed by atoms with van der Waals surface area (Å²) in [7, 11) is 1.54. The molecule has 0 bridgehead atoms. The van der Waals surface area contributed by atoms with E-state index in [9.17, 15) is 14.9 Å². The van der Waals surface area contributed by atoms with E-state index in [1.165, 1.54) is 18.3 Å². The van der Waals surface area contributed by atoms with Crippen LogP contribution in [0.2, 0.25) is 0 Å². The van der Waals surface area contributed by atoms with Crippen molar-refractivity contribution < 1.29 is 18.9 Å². The van der Waals surface area contributed by atoms with Crippen molar-refractivity contribution in [1.82, 2.24) is 5.43 Å². The van der Waals surface area contributed by atoms with Gasteiger partial charge in [-0.05, 0) is 71.5 Å². The number of methoxy groups -OCH3 is 1. The van der Waals surface area contributed by atoms with E-state index in [4.69, 9.17) is 9.15 Å². The van der Waals surface area contributed by atoms with E-state index < -0.39 is 4.92 Å². The van der Waals surface area contributed by atoms with Crippen molar-refractivity contribution in [3.8, 4) is 17.1 Å². The fourth-order valence-corrected chi connectivity index (χ4v) is 3.18. The SMILES string of the molecule is COc1cc(C(=O)N/N=C/c2ccc(-c3ccc([N+](=O)[O-])cc3C)o2)ccc1I. The normalized spacial score (nSPS) is 10.9. The summed E-state index contributed by atoms with van der Waals surface area (Å²) in [4.78, 5) is 22.6. The summed E-state index contributed by atoms with van der Waals surface area (Å²) in [6, 6.07) is 13.1. The average molecular weight is 505 g/mol. The quantitative estimate of drug-likeness (QED) is 0.229. The summed E-state index contributed by atoms with van der Waals surface area (Å²) in [6.07, 6.45) is 1.38. The van der Waals surface area contributed by atoms with Gasteiger partial charge < -0.3 is 9.15 Å². The topological polar surface area (TPSA) is 107 Å². The Morgan fingerprint density at radius 1 is 1.24 bits per heavy atom. The number of hydrazone groups is 1. The highest BCUT2D eigenvalue weighted by Crippen LogP contribution is 2.28. The number of hydrogen-bond donors (Lipinski definition) is 1. The minimum atomic E-state index is -0.442. The zero-order chi connectivity index (χ0) is 21.0. The van der Waals surface area contributed by atoms with Crippen LogP contribution in [-0.4, -0.2) is 24.2 Å². The molecule has 0 radical (unpaired) electrons. The first-order chi connectivity index (χ1) is 13.9. The predicted molar refractivity (Wildman–Crippen MR) is 116 cm³/mol. The number of amides is 1. The number of furan rings is 1. The zero-order valence-electron chi connectivity index (χ0n) is 15.5. The standard InChI is InChI=1S/C20H16IN3O5/c1-12-9-14(24(26)27)4-6-16(12)18-8-5-15(29-18)11-22-23-20(25)13-3-7-17(21)19(10-13)28-2/h3-11H,1-2H3,(H,23,25)/b22-11+. The molecule has 29 heavy (non-hydrogen) atoms. The van der Waals surface area contributed by atoms with Crippen molar-refractivity contribution in [2.45, 2.75) is 6.92 Å². The maximum Gasteiger partial charge on any atom is 0.271 e. The molecular weight excluding hydrogens is 489 g/mol. The van der Waals surface area contributed by atoms with Crippen LogP contribution in [0.5, 0.6) is 5.75 Å². The van der Waals surface area contributed by atoms with Crippen molar-refractivity contribution in [2.75, 3.05) is 7.11 Å². The molecule has 1 N–H and O–H groups in total. The third-order valence-electron chi connectivity index (χ3n) is 4.08. The first-order valence-electron chi connectivity index (χ1n) is 8.41. The first kappa shape index (κ1) is 20.5. The van der Waals surface area contributed by atoms with Gasteiger partial charge in [0, 0.05) is 23.3 Å². The lowest BCUT2D eigenvalue weighted by Crippen LogP contribution is -2.17. The Kier molecular flexibility index (Phi) is 6.27. The number of nitro groups is 1. The molecule has 0 atom stereocenters. The van der Waals surface area contributed by atoms with Crippen LogP contribution in [0.1, 0.15) is 21.7 Å². The minimum absolute atomic E-state index is 0.0227. The Labute approximate surface area is 179 Å². The Hall–Kier alpha value is -3.21. The second kappa shape index (κ2) is 8.86. The molecule has 3 rings (SSSR count). The van der Waals surface area contributed by atoms with Crippen molar-refractivity contribution in [2.24, 2.45) is 5.10 Å². The molecule has 1 heterocycles. The molecule has 1 aromatic heterocycles. The molecule has 0 aliphatic carbocycles. The number of rotatable bonds is 6. The first-order valence-corrected chi connectivity index (χ1v) is 9.49. The van der Waals surface area contributed by atoms with Crippen LogP contribution >= 0.6 is 22.6 Å². The Balaban J connectivity index is 1.69. The molecule has 0 aliphatic rings. The smallest absolute Gasteiger partial charge is 0.271 e. The number of hydrogen-bond acceptors (Lipinski definition) is 6.